The standard InChI is InChI=1S/C37H40N6O2/c44-35-37(31-13-5-1-6-14-31,32-15-7-2-8-16-32)43(30-39-23-27-41(28-24-39)34-19-11-4-12-20-34)36(45)42(35)29-38-21-25-40(26-22-38)33-17-9-3-10-18-33/h1-20H,21-30H2. The molecule has 0 aromatic heterocycles. The van der Waals surface area contributed by atoms with Crippen molar-refractivity contribution in [2.75, 3.05) is 75.5 Å². The van der Waals surface area contributed by atoms with Gasteiger partial charge in [-0.1, -0.05) is 97.1 Å². The zero-order valence-electron chi connectivity index (χ0n) is 25.6. The molecule has 45 heavy (non-hydrogen) atoms. The average molecular weight is 601 g/mol. The van der Waals surface area contributed by atoms with E-state index in [1.165, 1.54) is 16.3 Å². The summed E-state index contributed by atoms with van der Waals surface area (Å²) in [5.74, 6) is -0.182. The molecule has 7 rings (SSSR count). The fourth-order valence-corrected chi connectivity index (χ4v) is 7.03. The Morgan fingerprint density at radius 1 is 0.467 bits per heavy atom. The monoisotopic (exact) mass is 600 g/mol. The largest absolute Gasteiger partial charge is 0.369 e. The molecule has 3 heterocycles. The van der Waals surface area contributed by atoms with Crippen LogP contribution in [0.3, 0.4) is 0 Å². The molecule has 4 aromatic carbocycles. The highest BCUT2D eigenvalue weighted by Crippen LogP contribution is 2.43. The number of hydrogen-bond acceptors (Lipinski definition) is 6. The first-order chi connectivity index (χ1) is 22.1. The summed E-state index contributed by atoms with van der Waals surface area (Å²) >= 11 is 0. The summed E-state index contributed by atoms with van der Waals surface area (Å²) in [6, 6.07) is 40.4. The molecule has 0 bridgehead atoms. The number of imide groups is 1. The fraction of sp³-hybridized carbons (Fsp3) is 0.297. The number of hydrogen-bond donors (Lipinski definition) is 0. The van der Waals surface area contributed by atoms with E-state index in [0.29, 0.717) is 6.67 Å². The van der Waals surface area contributed by atoms with E-state index in [-0.39, 0.29) is 18.6 Å². The molecule has 230 valence electrons. The lowest BCUT2D eigenvalue weighted by Gasteiger charge is -2.42. The van der Waals surface area contributed by atoms with Gasteiger partial charge in [0.25, 0.3) is 5.91 Å². The summed E-state index contributed by atoms with van der Waals surface area (Å²) in [5, 5.41) is 0. The molecular formula is C37H40N6O2. The Morgan fingerprint density at radius 3 is 1.27 bits per heavy atom. The molecule has 3 saturated heterocycles. The van der Waals surface area contributed by atoms with Crippen LogP contribution < -0.4 is 9.80 Å². The number of anilines is 2. The van der Waals surface area contributed by atoms with Gasteiger partial charge in [0.15, 0.2) is 5.54 Å². The first kappa shape index (κ1) is 29.1. The van der Waals surface area contributed by atoms with Crippen molar-refractivity contribution in [3.8, 4) is 0 Å². The molecule has 3 aliphatic rings. The van der Waals surface area contributed by atoms with Crippen molar-refractivity contribution < 1.29 is 9.59 Å². The highest BCUT2D eigenvalue weighted by atomic mass is 16.2. The minimum Gasteiger partial charge on any atom is -0.369 e. The SMILES string of the molecule is O=C1N(CN2CCN(c3ccccc3)CC2)C(=O)C(c2ccccc2)(c2ccccc2)N1CN1CCN(c2ccccc2)CC1. The summed E-state index contributed by atoms with van der Waals surface area (Å²) in [5.41, 5.74) is 2.80. The summed E-state index contributed by atoms with van der Waals surface area (Å²) in [6.45, 7) is 7.21. The van der Waals surface area contributed by atoms with Gasteiger partial charge in [-0.2, -0.15) is 0 Å². The van der Waals surface area contributed by atoms with Crippen LogP contribution in [0.15, 0.2) is 121 Å². The Kier molecular flexibility index (Phi) is 8.24. The molecule has 3 aliphatic heterocycles. The van der Waals surface area contributed by atoms with Crippen LogP contribution in [-0.2, 0) is 10.3 Å². The Balaban J connectivity index is 1.17. The van der Waals surface area contributed by atoms with Gasteiger partial charge in [-0.3, -0.25) is 19.5 Å². The molecule has 0 N–H and O–H groups in total. The number of piperazine rings is 2. The van der Waals surface area contributed by atoms with E-state index >= 15 is 0 Å². The number of carbonyl (C=O) groups excluding carboxylic acids is 2. The van der Waals surface area contributed by atoms with Crippen LogP contribution in [0.25, 0.3) is 0 Å². The van der Waals surface area contributed by atoms with Crippen LogP contribution >= 0.6 is 0 Å². The van der Waals surface area contributed by atoms with E-state index < -0.39 is 5.54 Å². The Labute approximate surface area is 265 Å². The van der Waals surface area contributed by atoms with Gasteiger partial charge in [0.2, 0.25) is 0 Å². The molecule has 3 fully saturated rings. The maximum atomic E-state index is 14.9. The van der Waals surface area contributed by atoms with Crippen molar-refractivity contribution in [2.45, 2.75) is 5.54 Å². The van der Waals surface area contributed by atoms with E-state index in [0.717, 1.165) is 63.5 Å². The Hall–Kier alpha value is -4.66. The topological polar surface area (TPSA) is 53.6 Å². The maximum Gasteiger partial charge on any atom is 0.330 e. The van der Waals surface area contributed by atoms with Crippen LogP contribution in [0.4, 0.5) is 16.2 Å². The molecule has 0 saturated carbocycles. The lowest BCUT2D eigenvalue weighted by atomic mass is 9.81. The third-order valence-electron chi connectivity index (χ3n) is 9.47. The number of urea groups is 1. The lowest BCUT2D eigenvalue weighted by Crippen LogP contribution is -2.55. The second-order valence-corrected chi connectivity index (χ2v) is 12.1. The maximum absolute atomic E-state index is 14.9. The predicted octanol–water partition coefficient (Wildman–Crippen LogP) is 4.75. The molecule has 3 amide bonds. The molecule has 8 heteroatoms. The van der Waals surface area contributed by atoms with Crippen molar-refractivity contribution >= 4 is 23.3 Å². The molecule has 0 radical (unpaired) electrons. The normalized spacial score (nSPS) is 19.4. The zero-order chi connectivity index (χ0) is 30.6. The van der Waals surface area contributed by atoms with Gasteiger partial charge in [0.1, 0.15) is 0 Å². The first-order valence-electron chi connectivity index (χ1n) is 15.9. The highest BCUT2D eigenvalue weighted by Gasteiger charge is 2.60. The minimum absolute atomic E-state index is 0.182. The zero-order valence-corrected chi connectivity index (χ0v) is 25.6. The van der Waals surface area contributed by atoms with Gasteiger partial charge < -0.3 is 9.80 Å². The van der Waals surface area contributed by atoms with E-state index in [1.807, 2.05) is 77.7 Å². The Morgan fingerprint density at radius 2 is 0.844 bits per heavy atom. The van der Waals surface area contributed by atoms with Crippen molar-refractivity contribution in [3.63, 3.8) is 0 Å². The van der Waals surface area contributed by atoms with E-state index in [4.69, 9.17) is 0 Å². The minimum atomic E-state index is -1.25. The van der Waals surface area contributed by atoms with E-state index in [1.54, 1.807) is 0 Å². The summed E-state index contributed by atoms with van der Waals surface area (Å²) in [4.78, 5) is 42.1. The number of rotatable bonds is 8. The average Bonchev–Trinajstić information content (AvgIpc) is 3.32. The Bertz CT molecular complexity index is 1530. The van der Waals surface area contributed by atoms with Crippen molar-refractivity contribution in [3.05, 3.63) is 132 Å². The summed E-state index contributed by atoms with van der Waals surface area (Å²) in [6.07, 6.45) is 0. The third kappa shape index (κ3) is 5.56. The van der Waals surface area contributed by atoms with Crippen LogP contribution in [0.5, 0.6) is 0 Å². The molecular weight excluding hydrogens is 560 g/mol. The molecule has 4 aromatic rings. The van der Waals surface area contributed by atoms with Crippen molar-refractivity contribution in [2.24, 2.45) is 0 Å². The highest BCUT2D eigenvalue weighted by molar-refractivity contribution is 6.09. The second-order valence-electron chi connectivity index (χ2n) is 12.1. The number of para-hydroxylation sites is 2. The summed E-state index contributed by atoms with van der Waals surface area (Å²) in [7, 11) is 0. The molecule has 0 unspecified atom stereocenters. The number of nitrogens with zero attached hydrogens (tertiary/aromatic N) is 6. The van der Waals surface area contributed by atoms with Gasteiger partial charge in [-0.05, 0) is 35.4 Å². The van der Waals surface area contributed by atoms with Crippen LogP contribution in [-0.4, -0.2) is 97.2 Å². The molecule has 0 spiro atoms. The van der Waals surface area contributed by atoms with E-state index in [2.05, 4.69) is 68.1 Å². The molecule has 0 aliphatic carbocycles. The van der Waals surface area contributed by atoms with Gasteiger partial charge in [-0.25, -0.2) is 9.69 Å². The van der Waals surface area contributed by atoms with Crippen LogP contribution in [0, 0.1) is 0 Å². The number of benzene rings is 4. The predicted molar refractivity (Wildman–Crippen MR) is 178 cm³/mol. The van der Waals surface area contributed by atoms with Crippen LogP contribution in [0.1, 0.15) is 11.1 Å². The fourth-order valence-electron chi connectivity index (χ4n) is 7.03. The van der Waals surface area contributed by atoms with Crippen molar-refractivity contribution in [1.29, 1.82) is 0 Å². The third-order valence-corrected chi connectivity index (χ3v) is 9.47. The lowest BCUT2D eigenvalue weighted by molar-refractivity contribution is -0.133. The molecule has 8 nitrogen and oxygen atoms in total. The van der Waals surface area contributed by atoms with Crippen LogP contribution in [0.2, 0.25) is 0 Å². The smallest absolute Gasteiger partial charge is 0.330 e. The quantitative estimate of drug-likeness (QED) is 0.272. The van der Waals surface area contributed by atoms with Gasteiger partial charge in [-0.15, -0.1) is 0 Å². The molecule has 0 atom stereocenters. The second kappa shape index (κ2) is 12.8. The van der Waals surface area contributed by atoms with Gasteiger partial charge >= 0.3 is 6.03 Å². The van der Waals surface area contributed by atoms with Crippen molar-refractivity contribution in [1.82, 2.24) is 19.6 Å². The van der Waals surface area contributed by atoms with E-state index in [9.17, 15) is 9.59 Å². The van der Waals surface area contributed by atoms with Gasteiger partial charge in [0.05, 0.1) is 13.3 Å². The summed E-state index contributed by atoms with van der Waals surface area (Å²) < 4.78 is 0. The first-order valence-corrected chi connectivity index (χ1v) is 15.9. The number of carbonyl (C=O) groups is 2. The van der Waals surface area contributed by atoms with Gasteiger partial charge in [0, 0.05) is 63.7 Å². The number of amides is 3.